The summed E-state index contributed by atoms with van der Waals surface area (Å²) in [6.45, 7) is 4.25. The number of halogens is 1. The molecular weight excluding hydrogens is 308 g/mol. The minimum Gasteiger partial charge on any atom is -0.422 e. The summed E-state index contributed by atoms with van der Waals surface area (Å²) in [6, 6.07) is 9.91. The first-order valence-corrected chi connectivity index (χ1v) is 8.28. The molecular formula is C20H17ClO2. The van der Waals surface area contributed by atoms with Gasteiger partial charge in [0.2, 0.25) is 0 Å². The topological polar surface area (TPSA) is 30.2 Å². The van der Waals surface area contributed by atoms with E-state index in [1.807, 2.05) is 6.07 Å². The Kier molecular flexibility index (Phi) is 3.31. The number of fused-ring (bicyclic) bond motifs is 5. The zero-order valence-electron chi connectivity index (χ0n) is 13.2. The van der Waals surface area contributed by atoms with Gasteiger partial charge in [-0.05, 0) is 73.6 Å². The average molecular weight is 325 g/mol. The Bertz CT molecular complexity index is 999. The molecule has 0 aliphatic heterocycles. The molecule has 0 spiro atoms. The number of hydrogen-bond acceptors (Lipinski definition) is 2. The van der Waals surface area contributed by atoms with Crippen molar-refractivity contribution >= 4 is 22.6 Å². The molecule has 0 radical (unpaired) electrons. The normalized spacial score (nSPS) is 13.5. The van der Waals surface area contributed by atoms with Gasteiger partial charge in [-0.2, -0.15) is 0 Å². The van der Waals surface area contributed by atoms with Crippen LogP contribution in [-0.2, 0) is 12.8 Å². The highest BCUT2D eigenvalue weighted by molar-refractivity contribution is 6.31. The van der Waals surface area contributed by atoms with Gasteiger partial charge in [-0.15, -0.1) is 0 Å². The highest BCUT2D eigenvalue weighted by atomic mass is 35.5. The summed E-state index contributed by atoms with van der Waals surface area (Å²) < 4.78 is 5.53. The highest BCUT2D eigenvalue weighted by Crippen LogP contribution is 2.38. The van der Waals surface area contributed by atoms with Gasteiger partial charge in [-0.1, -0.05) is 23.7 Å². The fourth-order valence-electron chi connectivity index (χ4n) is 3.52. The van der Waals surface area contributed by atoms with Crippen LogP contribution in [0.3, 0.4) is 0 Å². The first-order valence-electron chi connectivity index (χ1n) is 7.90. The van der Waals surface area contributed by atoms with Crippen LogP contribution in [0.1, 0.15) is 28.7 Å². The fraction of sp³-hybridized carbons (Fsp3) is 0.250. The van der Waals surface area contributed by atoms with E-state index in [-0.39, 0.29) is 5.63 Å². The zero-order chi connectivity index (χ0) is 16.1. The van der Waals surface area contributed by atoms with E-state index in [0.717, 1.165) is 41.3 Å². The molecule has 0 atom stereocenters. The van der Waals surface area contributed by atoms with Gasteiger partial charge >= 0.3 is 5.63 Å². The summed E-state index contributed by atoms with van der Waals surface area (Å²) in [6.07, 6.45) is 2.68. The SMILES string of the molecule is Cc1cc2c(cc1C)-c1c(c(=O)oc3ccc(Cl)cc13)CCC2. The molecule has 3 aromatic rings. The van der Waals surface area contributed by atoms with Gasteiger partial charge < -0.3 is 4.42 Å². The van der Waals surface area contributed by atoms with E-state index in [1.165, 1.54) is 16.7 Å². The lowest BCUT2D eigenvalue weighted by molar-refractivity contribution is 0.549. The van der Waals surface area contributed by atoms with Crippen LogP contribution in [0.5, 0.6) is 0 Å². The summed E-state index contributed by atoms with van der Waals surface area (Å²) in [5.41, 5.74) is 7.15. The molecule has 0 N–H and O–H groups in total. The number of aryl methyl sites for hydroxylation is 3. The molecule has 0 unspecified atom stereocenters. The van der Waals surface area contributed by atoms with Gasteiger partial charge in [0, 0.05) is 21.5 Å². The Morgan fingerprint density at radius 2 is 1.83 bits per heavy atom. The molecule has 0 saturated carbocycles. The Labute approximate surface area is 139 Å². The summed E-state index contributed by atoms with van der Waals surface area (Å²) in [5, 5.41) is 1.58. The Morgan fingerprint density at radius 1 is 1.04 bits per heavy atom. The van der Waals surface area contributed by atoms with E-state index in [4.69, 9.17) is 16.0 Å². The minimum atomic E-state index is -0.221. The highest BCUT2D eigenvalue weighted by Gasteiger charge is 2.22. The molecule has 0 bridgehead atoms. The van der Waals surface area contributed by atoms with Crippen LogP contribution in [0, 0.1) is 13.8 Å². The molecule has 4 rings (SSSR count). The van der Waals surface area contributed by atoms with Crippen molar-refractivity contribution in [2.45, 2.75) is 33.1 Å². The second-order valence-electron chi connectivity index (χ2n) is 6.33. The van der Waals surface area contributed by atoms with Gasteiger partial charge in [0.05, 0.1) is 0 Å². The molecule has 23 heavy (non-hydrogen) atoms. The lowest BCUT2D eigenvalue weighted by Crippen LogP contribution is -2.09. The minimum absolute atomic E-state index is 0.221. The lowest BCUT2D eigenvalue weighted by atomic mass is 9.91. The third kappa shape index (κ3) is 2.29. The van der Waals surface area contributed by atoms with Crippen molar-refractivity contribution in [3.63, 3.8) is 0 Å². The van der Waals surface area contributed by atoms with E-state index in [1.54, 1.807) is 12.1 Å². The average Bonchev–Trinajstić information content (AvgIpc) is 2.69. The maximum atomic E-state index is 12.5. The molecule has 0 amide bonds. The van der Waals surface area contributed by atoms with Crippen molar-refractivity contribution in [3.05, 3.63) is 68.0 Å². The Hall–Kier alpha value is -2.06. The standard InChI is InChI=1S/C20H17ClO2/c1-11-8-13-4-3-5-15-19(16(13)9-12(11)2)17-10-14(21)6-7-18(17)23-20(15)22/h6-10H,3-5H2,1-2H3. The largest absolute Gasteiger partial charge is 0.422 e. The zero-order valence-corrected chi connectivity index (χ0v) is 14.0. The molecule has 1 aliphatic carbocycles. The summed E-state index contributed by atoms with van der Waals surface area (Å²) in [7, 11) is 0. The van der Waals surface area contributed by atoms with E-state index < -0.39 is 0 Å². The molecule has 2 aromatic carbocycles. The van der Waals surface area contributed by atoms with Crippen molar-refractivity contribution in [1.82, 2.24) is 0 Å². The van der Waals surface area contributed by atoms with Crippen LogP contribution >= 0.6 is 11.6 Å². The smallest absolute Gasteiger partial charge is 0.340 e. The van der Waals surface area contributed by atoms with Crippen LogP contribution in [-0.4, -0.2) is 0 Å². The van der Waals surface area contributed by atoms with Crippen molar-refractivity contribution in [2.75, 3.05) is 0 Å². The van der Waals surface area contributed by atoms with Crippen molar-refractivity contribution in [3.8, 4) is 11.1 Å². The van der Waals surface area contributed by atoms with Crippen LogP contribution in [0.25, 0.3) is 22.1 Å². The second-order valence-corrected chi connectivity index (χ2v) is 6.77. The molecule has 3 heteroatoms. The Balaban J connectivity index is 2.20. The lowest BCUT2D eigenvalue weighted by Gasteiger charge is -2.14. The van der Waals surface area contributed by atoms with Gasteiger partial charge in [-0.3, -0.25) is 0 Å². The van der Waals surface area contributed by atoms with Gasteiger partial charge in [0.25, 0.3) is 0 Å². The van der Waals surface area contributed by atoms with E-state index in [2.05, 4.69) is 26.0 Å². The third-order valence-corrected chi connectivity index (χ3v) is 5.06. The van der Waals surface area contributed by atoms with Gasteiger partial charge in [0.15, 0.2) is 0 Å². The molecule has 0 saturated heterocycles. The third-order valence-electron chi connectivity index (χ3n) is 4.82. The predicted octanol–water partition coefficient (Wildman–Crippen LogP) is 5.22. The van der Waals surface area contributed by atoms with Crippen molar-refractivity contribution in [2.24, 2.45) is 0 Å². The van der Waals surface area contributed by atoms with E-state index in [9.17, 15) is 4.79 Å². The van der Waals surface area contributed by atoms with Crippen LogP contribution in [0.2, 0.25) is 5.02 Å². The van der Waals surface area contributed by atoms with Crippen LogP contribution in [0.15, 0.2) is 39.5 Å². The maximum Gasteiger partial charge on any atom is 0.340 e. The number of rotatable bonds is 0. The molecule has 1 aromatic heterocycles. The van der Waals surface area contributed by atoms with Crippen LogP contribution in [0.4, 0.5) is 0 Å². The second kappa shape index (κ2) is 5.24. The molecule has 116 valence electrons. The quantitative estimate of drug-likeness (QED) is 0.531. The van der Waals surface area contributed by atoms with Gasteiger partial charge in [-0.25, -0.2) is 4.79 Å². The molecule has 0 fully saturated rings. The van der Waals surface area contributed by atoms with Crippen LogP contribution < -0.4 is 5.63 Å². The first kappa shape index (κ1) is 14.5. The summed E-state index contributed by atoms with van der Waals surface area (Å²) >= 11 is 6.21. The summed E-state index contributed by atoms with van der Waals surface area (Å²) in [5.74, 6) is 0. The maximum absolute atomic E-state index is 12.5. The Morgan fingerprint density at radius 3 is 2.65 bits per heavy atom. The number of hydrogen-bond donors (Lipinski definition) is 0. The van der Waals surface area contributed by atoms with Crippen molar-refractivity contribution in [1.29, 1.82) is 0 Å². The van der Waals surface area contributed by atoms with Gasteiger partial charge in [0.1, 0.15) is 5.58 Å². The molecule has 2 nitrogen and oxygen atoms in total. The predicted molar refractivity (Wildman–Crippen MR) is 94.4 cm³/mol. The fourth-order valence-corrected chi connectivity index (χ4v) is 3.69. The summed E-state index contributed by atoms with van der Waals surface area (Å²) in [4.78, 5) is 12.5. The molecule has 1 heterocycles. The van der Waals surface area contributed by atoms with E-state index >= 15 is 0 Å². The first-order chi connectivity index (χ1) is 11.0. The molecule has 1 aliphatic rings. The van der Waals surface area contributed by atoms with E-state index in [0.29, 0.717) is 10.6 Å². The van der Waals surface area contributed by atoms with Crippen molar-refractivity contribution < 1.29 is 4.42 Å². The monoisotopic (exact) mass is 324 g/mol. The number of benzene rings is 2.